The third kappa shape index (κ3) is 3.44. The van der Waals surface area contributed by atoms with Crippen LogP contribution < -0.4 is 0 Å². The van der Waals surface area contributed by atoms with E-state index in [-0.39, 0.29) is 11.6 Å². The van der Waals surface area contributed by atoms with Crippen LogP contribution in [0, 0.1) is 29.5 Å². The van der Waals surface area contributed by atoms with Crippen LogP contribution in [0.1, 0.15) is 38.3 Å². The molecule has 1 N–H and O–H groups in total. The van der Waals surface area contributed by atoms with E-state index in [0.717, 1.165) is 16.8 Å². The van der Waals surface area contributed by atoms with Crippen molar-refractivity contribution in [3.05, 3.63) is 65.3 Å². The zero-order valence-corrected chi connectivity index (χ0v) is 20.7. The number of halogens is 2. The molecule has 0 radical (unpaired) electrons. The Hall–Kier alpha value is -3.32. The van der Waals surface area contributed by atoms with Gasteiger partial charge in [0.1, 0.15) is 5.69 Å². The standard InChI is InChI=1S/C28H26ClFN6/c1-15-16-6-8-17(9-7-16)20(15)13-22-24(30)28(36-11-10-18-4-2-3-5-23(18)36)33-27(32-22)25-21-12-19(29)14-31-26(21)35-34-25/h2-5,10-12,14-17,20H,6-9,13H2,1H3,(H,31,34,35). The lowest BCUT2D eigenvalue weighted by Gasteiger charge is -2.47. The van der Waals surface area contributed by atoms with E-state index in [1.807, 2.05) is 41.1 Å². The molecule has 2 unspecified atom stereocenters. The Morgan fingerprint density at radius 2 is 1.89 bits per heavy atom. The van der Waals surface area contributed by atoms with Crippen LogP contribution in [-0.2, 0) is 6.42 Å². The first-order valence-corrected chi connectivity index (χ1v) is 13.1. The van der Waals surface area contributed by atoms with Gasteiger partial charge in [-0.15, -0.1) is 0 Å². The molecular formula is C28H26ClFN6. The van der Waals surface area contributed by atoms with Crippen molar-refractivity contribution in [2.24, 2.45) is 23.7 Å². The minimum atomic E-state index is -0.353. The number of H-pyrrole nitrogens is 1. The van der Waals surface area contributed by atoms with Crippen molar-refractivity contribution in [1.82, 2.24) is 29.7 Å². The second-order valence-electron chi connectivity index (χ2n) is 10.4. The maximum atomic E-state index is 16.3. The minimum absolute atomic E-state index is 0.252. The second kappa shape index (κ2) is 8.37. The average Bonchev–Trinajstić information content (AvgIpc) is 3.52. The molecule has 4 heterocycles. The molecule has 3 fully saturated rings. The Balaban J connectivity index is 1.41. The fourth-order valence-corrected chi connectivity index (χ4v) is 6.81. The van der Waals surface area contributed by atoms with Crippen molar-refractivity contribution < 1.29 is 4.39 Å². The van der Waals surface area contributed by atoms with Crippen LogP contribution in [0.15, 0.2) is 48.8 Å². The third-order valence-electron chi connectivity index (χ3n) is 8.60. The fraction of sp³-hybridized carbons (Fsp3) is 0.357. The molecule has 0 amide bonds. The zero-order chi connectivity index (χ0) is 24.4. The minimum Gasteiger partial charge on any atom is -0.299 e. The molecule has 3 aliphatic carbocycles. The summed E-state index contributed by atoms with van der Waals surface area (Å²) in [5.41, 5.74) is 2.48. The summed E-state index contributed by atoms with van der Waals surface area (Å²) in [7, 11) is 0. The summed E-state index contributed by atoms with van der Waals surface area (Å²) >= 11 is 6.24. The smallest absolute Gasteiger partial charge is 0.187 e. The maximum absolute atomic E-state index is 16.3. The van der Waals surface area contributed by atoms with E-state index in [4.69, 9.17) is 21.6 Å². The van der Waals surface area contributed by atoms with Crippen LogP contribution in [0.2, 0.25) is 5.02 Å². The van der Waals surface area contributed by atoms with E-state index in [9.17, 15) is 0 Å². The molecule has 8 rings (SSSR count). The van der Waals surface area contributed by atoms with E-state index < -0.39 is 0 Å². The lowest BCUT2D eigenvalue weighted by molar-refractivity contribution is 0.0334. The van der Waals surface area contributed by atoms with Crippen molar-refractivity contribution in [3.8, 4) is 17.3 Å². The van der Waals surface area contributed by atoms with Gasteiger partial charge in [0.05, 0.1) is 21.6 Å². The van der Waals surface area contributed by atoms with E-state index in [1.165, 1.54) is 25.7 Å². The first-order valence-electron chi connectivity index (χ1n) is 12.7. The first kappa shape index (κ1) is 21.9. The Kier molecular flexibility index (Phi) is 5.10. The van der Waals surface area contributed by atoms with E-state index in [0.29, 0.717) is 57.4 Å². The molecule has 36 heavy (non-hydrogen) atoms. The Morgan fingerprint density at radius 3 is 2.72 bits per heavy atom. The molecule has 2 bridgehead atoms. The predicted octanol–water partition coefficient (Wildman–Crippen LogP) is 6.77. The number of aromatic amines is 1. The number of hydrogen-bond acceptors (Lipinski definition) is 4. The summed E-state index contributed by atoms with van der Waals surface area (Å²) in [6.07, 6.45) is 9.12. The highest BCUT2D eigenvalue weighted by Crippen LogP contribution is 2.50. The van der Waals surface area contributed by atoms with Crippen LogP contribution in [0.4, 0.5) is 4.39 Å². The molecular weight excluding hydrogens is 475 g/mol. The van der Waals surface area contributed by atoms with Crippen molar-refractivity contribution in [2.45, 2.75) is 39.0 Å². The molecule has 3 saturated carbocycles. The SMILES string of the molecule is CC1C2CCC(CC2)C1Cc1nc(-c2[nH]nc3ncc(Cl)cc23)nc(-n2ccc3ccccc32)c1F. The zero-order valence-electron chi connectivity index (χ0n) is 20.0. The number of hydrogen-bond donors (Lipinski definition) is 1. The molecule has 6 nitrogen and oxygen atoms in total. The monoisotopic (exact) mass is 500 g/mol. The van der Waals surface area contributed by atoms with Crippen molar-refractivity contribution in [1.29, 1.82) is 0 Å². The van der Waals surface area contributed by atoms with Gasteiger partial charge in [-0.25, -0.2) is 19.3 Å². The van der Waals surface area contributed by atoms with E-state index in [1.54, 1.807) is 12.3 Å². The van der Waals surface area contributed by atoms with E-state index >= 15 is 4.39 Å². The number of nitrogens with one attached hydrogen (secondary N) is 1. The molecule has 2 atom stereocenters. The molecule has 0 spiro atoms. The molecule has 1 aromatic carbocycles. The van der Waals surface area contributed by atoms with Gasteiger partial charge in [0.15, 0.2) is 23.1 Å². The van der Waals surface area contributed by atoms with Gasteiger partial charge >= 0.3 is 0 Å². The highest BCUT2D eigenvalue weighted by atomic mass is 35.5. The Labute approximate surface area is 212 Å². The van der Waals surface area contributed by atoms with Crippen molar-refractivity contribution >= 4 is 33.5 Å². The number of benzene rings is 1. The molecule has 0 aliphatic heterocycles. The van der Waals surface area contributed by atoms with Crippen molar-refractivity contribution in [3.63, 3.8) is 0 Å². The van der Waals surface area contributed by atoms with Crippen LogP contribution in [0.3, 0.4) is 0 Å². The second-order valence-corrected chi connectivity index (χ2v) is 10.8. The molecule has 8 heteroatoms. The average molecular weight is 501 g/mol. The summed E-state index contributed by atoms with van der Waals surface area (Å²) in [4.78, 5) is 13.9. The van der Waals surface area contributed by atoms with E-state index in [2.05, 4.69) is 22.1 Å². The number of fused-ring (bicyclic) bond motifs is 5. The summed E-state index contributed by atoms with van der Waals surface area (Å²) in [6, 6.07) is 11.7. The topological polar surface area (TPSA) is 72.3 Å². The maximum Gasteiger partial charge on any atom is 0.187 e. The molecule has 182 valence electrons. The summed E-state index contributed by atoms with van der Waals surface area (Å²) < 4.78 is 18.1. The number of aromatic nitrogens is 6. The lowest BCUT2D eigenvalue weighted by atomic mass is 9.58. The number of nitrogens with zero attached hydrogens (tertiary/aromatic N) is 5. The molecule has 0 saturated heterocycles. The first-order chi connectivity index (χ1) is 17.6. The third-order valence-corrected chi connectivity index (χ3v) is 8.81. The highest BCUT2D eigenvalue weighted by Gasteiger charge is 2.41. The number of para-hydroxylation sites is 1. The normalized spacial score (nSPS) is 23.6. The summed E-state index contributed by atoms with van der Waals surface area (Å²) in [6.45, 7) is 2.34. The number of rotatable bonds is 4. The summed E-state index contributed by atoms with van der Waals surface area (Å²) in [5, 5.41) is 9.58. The van der Waals surface area contributed by atoms with Gasteiger partial charge in [0, 0.05) is 12.4 Å². The molecule has 3 aliphatic rings. The van der Waals surface area contributed by atoms with Crippen LogP contribution in [0.25, 0.3) is 39.3 Å². The Morgan fingerprint density at radius 1 is 1.08 bits per heavy atom. The van der Waals surface area contributed by atoms with Gasteiger partial charge in [0.2, 0.25) is 0 Å². The molecule has 5 aromatic rings. The van der Waals surface area contributed by atoms with Gasteiger partial charge in [-0.3, -0.25) is 9.67 Å². The number of pyridine rings is 1. The largest absolute Gasteiger partial charge is 0.299 e. The molecule has 4 aromatic heterocycles. The van der Waals surface area contributed by atoms with Crippen LogP contribution in [0.5, 0.6) is 0 Å². The van der Waals surface area contributed by atoms with Crippen LogP contribution in [-0.4, -0.2) is 29.7 Å². The summed E-state index contributed by atoms with van der Waals surface area (Å²) in [5.74, 6) is 2.67. The quantitative estimate of drug-likeness (QED) is 0.295. The van der Waals surface area contributed by atoms with Gasteiger partial charge in [-0.05, 0) is 79.4 Å². The van der Waals surface area contributed by atoms with Gasteiger partial charge in [-0.1, -0.05) is 36.7 Å². The van der Waals surface area contributed by atoms with Gasteiger partial charge < -0.3 is 0 Å². The van der Waals surface area contributed by atoms with Gasteiger partial charge in [0.25, 0.3) is 0 Å². The Bertz CT molecular complexity index is 1600. The van der Waals surface area contributed by atoms with Crippen LogP contribution >= 0.6 is 11.6 Å². The predicted molar refractivity (Wildman–Crippen MR) is 139 cm³/mol. The fourth-order valence-electron chi connectivity index (χ4n) is 6.65. The van der Waals surface area contributed by atoms with Gasteiger partial charge in [-0.2, -0.15) is 5.10 Å². The highest BCUT2D eigenvalue weighted by molar-refractivity contribution is 6.31. The lowest BCUT2D eigenvalue weighted by Crippen LogP contribution is -2.39. The van der Waals surface area contributed by atoms with Crippen molar-refractivity contribution in [2.75, 3.05) is 0 Å².